The molecule has 170 valence electrons. The summed E-state index contributed by atoms with van der Waals surface area (Å²) in [4.78, 5) is 20.1. The van der Waals surface area contributed by atoms with Crippen molar-refractivity contribution < 1.29 is 12.6 Å². The van der Waals surface area contributed by atoms with Crippen LogP contribution in [0, 0.1) is 0 Å². The standard InChI is InChI=1S/C21H20N6O4S2/c1-23-32(29)15-6-4-5-14(12-15)25-20-19-13(9-10-24-21(19)28)11-18(27-20)26-16-7-2-3-8-17(16)33(22,30)31/h2-12,23H,1H3,(H,24,28)(H2,22,30,31)(H2,25,26,27). The van der Waals surface area contributed by atoms with E-state index in [-0.39, 0.29) is 22.0 Å². The van der Waals surface area contributed by atoms with Gasteiger partial charge in [-0.25, -0.2) is 27.5 Å². The summed E-state index contributed by atoms with van der Waals surface area (Å²) in [7, 11) is -3.78. The van der Waals surface area contributed by atoms with E-state index in [9.17, 15) is 17.4 Å². The maximum Gasteiger partial charge on any atom is 0.259 e. The molecule has 2 aromatic carbocycles. The van der Waals surface area contributed by atoms with Crippen molar-refractivity contribution in [1.82, 2.24) is 14.7 Å². The highest BCUT2D eigenvalue weighted by atomic mass is 32.2. The number of fused-ring (bicyclic) bond motifs is 1. The molecular weight excluding hydrogens is 464 g/mol. The first-order valence-electron chi connectivity index (χ1n) is 9.64. The van der Waals surface area contributed by atoms with Crippen LogP contribution in [-0.2, 0) is 21.0 Å². The van der Waals surface area contributed by atoms with Gasteiger partial charge in [0.25, 0.3) is 5.56 Å². The maximum absolute atomic E-state index is 12.6. The fourth-order valence-electron chi connectivity index (χ4n) is 3.27. The Morgan fingerprint density at radius 1 is 1.03 bits per heavy atom. The lowest BCUT2D eigenvalue weighted by molar-refractivity contribution is 0.598. The molecule has 0 saturated heterocycles. The van der Waals surface area contributed by atoms with Crippen molar-refractivity contribution in [3.8, 4) is 0 Å². The predicted molar refractivity (Wildman–Crippen MR) is 129 cm³/mol. The Kier molecular flexibility index (Phi) is 6.24. The van der Waals surface area contributed by atoms with Crippen LogP contribution in [0.1, 0.15) is 0 Å². The molecule has 0 aliphatic rings. The van der Waals surface area contributed by atoms with Crippen LogP contribution in [0.25, 0.3) is 10.8 Å². The lowest BCUT2D eigenvalue weighted by atomic mass is 10.2. The first kappa shape index (κ1) is 22.6. The zero-order valence-electron chi connectivity index (χ0n) is 17.3. The van der Waals surface area contributed by atoms with Crippen LogP contribution in [-0.4, -0.2) is 29.6 Å². The number of aromatic amines is 1. The third-order valence-corrected chi connectivity index (χ3v) is 6.73. The van der Waals surface area contributed by atoms with Crippen LogP contribution in [0.15, 0.2) is 81.4 Å². The number of nitrogens with two attached hydrogens (primary N) is 1. The number of rotatable bonds is 7. The highest BCUT2D eigenvalue weighted by molar-refractivity contribution is 7.89. The quantitative estimate of drug-likeness (QED) is 0.269. The SMILES string of the molecule is CNS(=O)c1cccc(Nc2nc(Nc3ccccc3S(N)(=O)=O)cc3cc[nH]c(=O)c23)c1. The molecule has 0 spiro atoms. The number of aromatic nitrogens is 2. The van der Waals surface area contributed by atoms with Crippen LogP contribution < -0.4 is 26.1 Å². The van der Waals surface area contributed by atoms with Crippen LogP contribution in [0.5, 0.6) is 0 Å². The second-order valence-electron chi connectivity index (χ2n) is 6.92. The first-order chi connectivity index (χ1) is 15.8. The van der Waals surface area contributed by atoms with Crippen molar-refractivity contribution in [3.63, 3.8) is 0 Å². The van der Waals surface area contributed by atoms with Gasteiger partial charge in [0.1, 0.15) is 27.5 Å². The maximum atomic E-state index is 12.6. The van der Waals surface area contributed by atoms with Gasteiger partial charge in [0, 0.05) is 11.9 Å². The van der Waals surface area contributed by atoms with Gasteiger partial charge >= 0.3 is 0 Å². The van der Waals surface area contributed by atoms with Crippen molar-refractivity contribution in [3.05, 3.63) is 77.2 Å². The molecule has 12 heteroatoms. The molecule has 0 aliphatic heterocycles. The summed E-state index contributed by atoms with van der Waals surface area (Å²) in [5, 5.41) is 12.3. The van der Waals surface area contributed by atoms with Gasteiger partial charge in [0.05, 0.1) is 16.0 Å². The largest absolute Gasteiger partial charge is 0.339 e. The van der Waals surface area contributed by atoms with E-state index >= 15 is 0 Å². The molecule has 1 atom stereocenters. The number of para-hydroxylation sites is 1. The molecule has 1 unspecified atom stereocenters. The lowest BCUT2D eigenvalue weighted by Crippen LogP contribution is -2.14. The summed E-state index contributed by atoms with van der Waals surface area (Å²) in [5.41, 5.74) is 0.457. The normalized spacial score (nSPS) is 12.4. The molecule has 0 bridgehead atoms. The van der Waals surface area contributed by atoms with Crippen molar-refractivity contribution >= 4 is 54.8 Å². The first-order valence-corrected chi connectivity index (χ1v) is 12.3. The molecule has 0 amide bonds. The van der Waals surface area contributed by atoms with E-state index in [1.807, 2.05) is 0 Å². The van der Waals surface area contributed by atoms with Crippen molar-refractivity contribution in [1.29, 1.82) is 0 Å². The van der Waals surface area contributed by atoms with E-state index in [1.165, 1.54) is 12.3 Å². The van der Waals surface area contributed by atoms with E-state index < -0.39 is 21.0 Å². The average molecular weight is 485 g/mol. The number of H-pyrrole nitrogens is 1. The van der Waals surface area contributed by atoms with E-state index in [0.717, 1.165) is 0 Å². The smallest absolute Gasteiger partial charge is 0.259 e. The van der Waals surface area contributed by atoms with Crippen LogP contribution >= 0.6 is 0 Å². The Bertz CT molecular complexity index is 1540. The summed E-state index contributed by atoms with van der Waals surface area (Å²) >= 11 is 0. The number of nitrogens with one attached hydrogen (secondary N) is 4. The summed E-state index contributed by atoms with van der Waals surface area (Å²) in [6.07, 6.45) is 1.51. The number of sulfonamides is 1. The van der Waals surface area contributed by atoms with Gasteiger partial charge in [-0.05, 0) is 54.9 Å². The Hall–Kier alpha value is -3.58. The molecule has 4 rings (SSSR count). The Morgan fingerprint density at radius 3 is 2.58 bits per heavy atom. The van der Waals surface area contributed by atoms with Crippen molar-refractivity contribution in [2.75, 3.05) is 17.7 Å². The molecule has 0 saturated carbocycles. The number of primary sulfonamides is 1. The molecule has 10 nitrogen and oxygen atoms in total. The highest BCUT2D eigenvalue weighted by Crippen LogP contribution is 2.29. The minimum Gasteiger partial charge on any atom is -0.339 e. The molecular formula is C21H20N6O4S2. The van der Waals surface area contributed by atoms with Crippen LogP contribution in [0.3, 0.4) is 0 Å². The summed E-state index contributed by atoms with van der Waals surface area (Å²) in [6.45, 7) is 0. The zero-order chi connectivity index (χ0) is 23.6. The van der Waals surface area contributed by atoms with Gasteiger partial charge in [-0.3, -0.25) is 4.79 Å². The fourth-order valence-corrected chi connectivity index (χ4v) is 4.63. The molecule has 0 aliphatic carbocycles. The third kappa shape index (κ3) is 4.93. The van der Waals surface area contributed by atoms with E-state index in [0.29, 0.717) is 27.2 Å². The number of anilines is 4. The second-order valence-corrected chi connectivity index (χ2v) is 9.87. The molecule has 6 N–H and O–H groups in total. The number of nitrogens with zero attached hydrogens (tertiary/aromatic N) is 1. The van der Waals surface area contributed by atoms with Gasteiger partial charge in [-0.2, -0.15) is 0 Å². The van der Waals surface area contributed by atoms with Crippen molar-refractivity contribution in [2.45, 2.75) is 9.79 Å². The molecule has 33 heavy (non-hydrogen) atoms. The van der Waals surface area contributed by atoms with Crippen molar-refractivity contribution in [2.24, 2.45) is 5.14 Å². The van der Waals surface area contributed by atoms with E-state index in [2.05, 4.69) is 25.3 Å². The lowest BCUT2D eigenvalue weighted by Gasteiger charge is -2.14. The van der Waals surface area contributed by atoms with Crippen LogP contribution in [0.4, 0.5) is 23.0 Å². The molecule has 2 heterocycles. The van der Waals surface area contributed by atoms with Gasteiger partial charge in [0.15, 0.2) is 0 Å². The molecule has 0 radical (unpaired) electrons. The van der Waals surface area contributed by atoms with Gasteiger partial charge in [-0.1, -0.05) is 18.2 Å². The topological polar surface area (TPSA) is 159 Å². The summed E-state index contributed by atoms with van der Waals surface area (Å²) in [5.74, 6) is 0.527. The van der Waals surface area contributed by atoms with Gasteiger partial charge in [0.2, 0.25) is 10.0 Å². The zero-order valence-corrected chi connectivity index (χ0v) is 19.0. The number of hydrogen-bond acceptors (Lipinski definition) is 7. The fraction of sp³-hybridized carbons (Fsp3) is 0.0476. The van der Waals surface area contributed by atoms with E-state index in [1.54, 1.807) is 61.6 Å². The molecule has 2 aromatic heterocycles. The minimum atomic E-state index is -3.97. The summed E-state index contributed by atoms with van der Waals surface area (Å²) in [6, 6.07) is 16.4. The molecule has 4 aromatic rings. The Labute approximate surface area is 191 Å². The number of pyridine rings is 2. The second kappa shape index (κ2) is 9.11. The highest BCUT2D eigenvalue weighted by Gasteiger charge is 2.16. The number of benzene rings is 2. The van der Waals surface area contributed by atoms with Gasteiger partial charge < -0.3 is 15.6 Å². The third-order valence-electron chi connectivity index (χ3n) is 4.71. The van der Waals surface area contributed by atoms with E-state index in [4.69, 9.17) is 5.14 Å². The molecule has 0 fully saturated rings. The Balaban J connectivity index is 1.81. The van der Waals surface area contributed by atoms with Gasteiger partial charge in [-0.15, -0.1) is 0 Å². The van der Waals surface area contributed by atoms with Crippen LogP contribution in [0.2, 0.25) is 0 Å². The Morgan fingerprint density at radius 2 is 1.82 bits per heavy atom. The minimum absolute atomic E-state index is 0.0884. The average Bonchev–Trinajstić information content (AvgIpc) is 2.78. The predicted octanol–water partition coefficient (Wildman–Crippen LogP) is 2.30. The monoisotopic (exact) mass is 484 g/mol. The summed E-state index contributed by atoms with van der Waals surface area (Å²) < 4.78 is 38.7. The number of hydrogen-bond donors (Lipinski definition) is 5.